The van der Waals surface area contributed by atoms with E-state index in [2.05, 4.69) is 96.7 Å². The zero-order chi connectivity index (χ0) is 27.4. The number of benzene rings is 2. The number of aryl methyl sites for hydroxylation is 3. The molecule has 0 fully saturated rings. The minimum atomic E-state index is -0.845. The standard InChI is InChI=1S/C17H21F.C10H14.C9H14/c1-4-12(2)9-10-16-15-8-6-5-7-14(15)11-17(16)13(3)18;1-4-10-7-8(2)5-6-9(10)3;1-8(2)7-9-5-3-4-6-9/h5-8,13H,2,4,9-11H2,1,3H3;5-7H,4H2,1-3H3;3-5,8H,6-7H2,1-2H3. The predicted octanol–water partition coefficient (Wildman–Crippen LogP) is 10.9. The molecule has 2 aliphatic carbocycles. The molecule has 0 bridgehead atoms. The van der Waals surface area contributed by atoms with Crippen molar-refractivity contribution in [1.29, 1.82) is 0 Å². The Hall–Kier alpha value is -2.67. The maximum Gasteiger partial charge on any atom is 0.119 e. The topological polar surface area (TPSA) is 0 Å². The summed E-state index contributed by atoms with van der Waals surface area (Å²) in [6.45, 7) is 18.8. The molecule has 2 aliphatic rings. The van der Waals surface area contributed by atoms with Crippen molar-refractivity contribution in [2.24, 2.45) is 5.92 Å². The van der Waals surface area contributed by atoms with Crippen molar-refractivity contribution in [2.75, 3.05) is 0 Å². The highest BCUT2D eigenvalue weighted by molar-refractivity contribution is 5.77. The average Bonchev–Trinajstić information content (AvgIpc) is 3.52. The minimum Gasteiger partial charge on any atom is -0.243 e. The van der Waals surface area contributed by atoms with Crippen molar-refractivity contribution in [3.05, 3.63) is 112 Å². The Morgan fingerprint density at radius 3 is 2.32 bits per heavy atom. The van der Waals surface area contributed by atoms with E-state index in [9.17, 15) is 4.39 Å². The number of fused-ring (bicyclic) bond motifs is 1. The fraction of sp³-hybridized carbons (Fsp3) is 0.444. The van der Waals surface area contributed by atoms with E-state index in [-0.39, 0.29) is 0 Å². The van der Waals surface area contributed by atoms with Gasteiger partial charge in [-0.05, 0) is 105 Å². The molecule has 0 radical (unpaired) electrons. The second kappa shape index (κ2) is 15.6. The summed E-state index contributed by atoms with van der Waals surface area (Å²) in [7, 11) is 0. The monoisotopic (exact) mass is 500 g/mol. The van der Waals surface area contributed by atoms with Crippen molar-refractivity contribution in [2.45, 2.75) is 99.6 Å². The van der Waals surface area contributed by atoms with Gasteiger partial charge >= 0.3 is 0 Å². The van der Waals surface area contributed by atoms with Crippen molar-refractivity contribution < 1.29 is 4.39 Å². The Balaban J connectivity index is 0.000000214. The zero-order valence-corrected chi connectivity index (χ0v) is 24.5. The molecule has 0 saturated carbocycles. The number of halogens is 1. The summed E-state index contributed by atoms with van der Waals surface area (Å²) in [5.41, 5.74) is 11.8. The van der Waals surface area contributed by atoms with Gasteiger partial charge in [-0.15, -0.1) is 0 Å². The second-order valence-corrected chi connectivity index (χ2v) is 10.9. The van der Waals surface area contributed by atoms with Crippen LogP contribution in [0.1, 0.15) is 94.5 Å². The molecule has 1 unspecified atom stereocenters. The van der Waals surface area contributed by atoms with Crippen LogP contribution in [0.5, 0.6) is 0 Å². The summed E-state index contributed by atoms with van der Waals surface area (Å²) in [6.07, 6.45) is 13.1. The Kier molecular flexibility index (Phi) is 12.8. The molecular weight excluding hydrogens is 451 g/mol. The Bertz CT molecular complexity index is 1110. The predicted molar refractivity (Wildman–Crippen MR) is 163 cm³/mol. The number of hydrogen-bond donors (Lipinski definition) is 0. The molecule has 0 N–H and O–H groups in total. The summed E-state index contributed by atoms with van der Waals surface area (Å²) in [5, 5.41) is 0. The molecule has 0 amide bonds. The van der Waals surface area contributed by atoms with Gasteiger partial charge in [-0.2, -0.15) is 0 Å². The van der Waals surface area contributed by atoms with Crippen LogP contribution in [-0.4, -0.2) is 6.17 Å². The van der Waals surface area contributed by atoms with Crippen LogP contribution in [-0.2, 0) is 12.8 Å². The maximum atomic E-state index is 13.7. The quantitative estimate of drug-likeness (QED) is 0.316. The van der Waals surface area contributed by atoms with E-state index in [1.807, 2.05) is 12.1 Å². The summed E-state index contributed by atoms with van der Waals surface area (Å²) < 4.78 is 13.7. The number of rotatable bonds is 8. The molecule has 0 nitrogen and oxygen atoms in total. The molecule has 0 heterocycles. The lowest BCUT2D eigenvalue weighted by atomic mass is 9.96. The fourth-order valence-electron chi connectivity index (χ4n) is 4.96. The van der Waals surface area contributed by atoms with Crippen LogP contribution < -0.4 is 0 Å². The van der Waals surface area contributed by atoms with Gasteiger partial charge in [-0.3, -0.25) is 0 Å². The van der Waals surface area contributed by atoms with Gasteiger partial charge in [0, 0.05) is 0 Å². The molecule has 4 rings (SSSR count). The van der Waals surface area contributed by atoms with Crippen LogP contribution in [0, 0.1) is 19.8 Å². The van der Waals surface area contributed by atoms with Gasteiger partial charge in [-0.25, -0.2) is 4.39 Å². The van der Waals surface area contributed by atoms with Crippen LogP contribution in [0.4, 0.5) is 4.39 Å². The summed E-state index contributed by atoms with van der Waals surface area (Å²) in [6, 6.07) is 14.9. The first kappa shape index (κ1) is 30.6. The first-order valence-corrected chi connectivity index (χ1v) is 14.2. The van der Waals surface area contributed by atoms with Gasteiger partial charge in [0.1, 0.15) is 6.17 Å². The van der Waals surface area contributed by atoms with Crippen molar-refractivity contribution in [1.82, 2.24) is 0 Å². The number of allylic oxidation sites excluding steroid dienone is 7. The molecule has 2 aromatic rings. The van der Waals surface area contributed by atoms with E-state index in [0.29, 0.717) is 0 Å². The van der Waals surface area contributed by atoms with Gasteiger partial charge in [0.15, 0.2) is 0 Å². The Labute approximate surface area is 227 Å². The largest absolute Gasteiger partial charge is 0.243 e. The molecule has 2 aromatic carbocycles. The molecule has 0 spiro atoms. The molecule has 1 heteroatoms. The van der Waals surface area contributed by atoms with Gasteiger partial charge < -0.3 is 0 Å². The van der Waals surface area contributed by atoms with E-state index >= 15 is 0 Å². The average molecular weight is 501 g/mol. The number of alkyl halides is 1. The van der Waals surface area contributed by atoms with Crippen molar-refractivity contribution in [3.63, 3.8) is 0 Å². The number of hydrogen-bond acceptors (Lipinski definition) is 0. The molecule has 0 aliphatic heterocycles. The molecule has 37 heavy (non-hydrogen) atoms. The van der Waals surface area contributed by atoms with Gasteiger partial charge in [-0.1, -0.05) is 112 Å². The van der Waals surface area contributed by atoms with Crippen molar-refractivity contribution >= 4 is 5.57 Å². The van der Waals surface area contributed by atoms with Crippen LogP contribution in [0.15, 0.2) is 84.0 Å². The van der Waals surface area contributed by atoms with Gasteiger partial charge in [0.05, 0.1) is 0 Å². The lowest BCUT2D eigenvalue weighted by Gasteiger charge is -2.10. The van der Waals surface area contributed by atoms with E-state index in [1.54, 1.807) is 12.5 Å². The van der Waals surface area contributed by atoms with E-state index in [4.69, 9.17) is 0 Å². The molecule has 1 atom stereocenters. The third kappa shape index (κ3) is 9.95. The zero-order valence-electron chi connectivity index (χ0n) is 24.5. The Morgan fingerprint density at radius 2 is 1.76 bits per heavy atom. The highest BCUT2D eigenvalue weighted by Crippen LogP contribution is 2.38. The molecule has 0 saturated heterocycles. The molecule has 0 aromatic heterocycles. The summed E-state index contributed by atoms with van der Waals surface area (Å²) >= 11 is 0. The van der Waals surface area contributed by atoms with Crippen LogP contribution in [0.25, 0.3) is 5.57 Å². The third-order valence-electron chi connectivity index (χ3n) is 7.22. The minimum absolute atomic E-state index is 0.780. The fourth-order valence-corrected chi connectivity index (χ4v) is 4.96. The van der Waals surface area contributed by atoms with E-state index in [0.717, 1.165) is 43.6 Å². The SMILES string of the molecule is C=C(CC)CCC1=C(C(C)F)Cc2ccccc21.CC(C)CC1=CC=CC1.CCc1cc(C)ccc1C. The van der Waals surface area contributed by atoms with Crippen molar-refractivity contribution in [3.8, 4) is 0 Å². The highest BCUT2D eigenvalue weighted by Gasteiger charge is 2.24. The first-order chi connectivity index (χ1) is 17.7. The molecule has 200 valence electrons. The third-order valence-corrected chi connectivity index (χ3v) is 7.22. The molecular formula is C36H49F. The lowest BCUT2D eigenvalue weighted by Crippen LogP contribution is -2.00. The normalized spacial score (nSPS) is 14.5. The second-order valence-electron chi connectivity index (χ2n) is 10.9. The van der Waals surface area contributed by atoms with Gasteiger partial charge in [0.2, 0.25) is 0 Å². The van der Waals surface area contributed by atoms with E-state index < -0.39 is 6.17 Å². The lowest BCUT2D eigenvalue weighted by molar-refractivity contribution is 0.407. The Morgan fingerprint density at radius 1 is 1.03 bits per heavy atom. The van der Waals surface area contributed by atoms with E-state index in [1.165, 1.54) is 51.8 Å². The van der Waals surface area contributed by atoms with Crippen LogP contribution in [0.2, 0.25) is 0 Å². The maximum absolute atomic E-state index is 13.7. The van der Waals surface area contributed by atoms with Crippen LogP contribution in [0.3, 0.4) is 0 Å². The van der Waals surface area contributed by atoms with Gasteiger partial charge in [0.25, 0.3) is 0 Å². The van der Waals surface area contributed by atoms with Crippen LogP contribution >= 0.6 is 0 Å². The first-order valence-electron chi connectivity index (χ1n) is 14.2. The highest BCUT2D eigenvalue weighted by atomic mass is 19.1. The smallest absolute Gasteiger partial charge is 0.119 e. The summed E-state index contributed by atoms with van der Waals surface area (Å²) in [4.78, 5) is 0. The summed E-state index contributed by atoms with van der Waals surface area (Å²) in [5.74, 6) is 0.816.